The zero-order chi connectivity index (χ0) is 27.5. The summed E-state index contributed by atoms with van der Waals surface area (Å²) < 4.78 is 0. The number of anilines is 2. The Balaban J connectivity index is 1.35. The molecule has 1 amide bonds. The van der Waals surface area contributed by atoms with Gasteiger partial charge >= 0.3 is 0 Å². The number of allylic oxidation sites excluding steroid dienone is 2. The molecule has 3 aromatic rings. The molecule has 0 aromatic carbocycles. The number of aromatic nitrogens is 4. The fourth-order valence-electron chi connectivity index (χ4n) is 4.99. The predicted octanol–water partition coefficient (Wildman–Crippen LogP) is 3.97. The third-order valence-corrected chi connectivity index (χ3v) is 7.40. The summed E-state index contributed by atoms with van der Waals surface area (Å²) >= 11 is 0. The van der Waals surface area contributed by atoms with Crippen molar-refractivity contribution >= 4 is 22.9 Å². The van der Waals surface area contributed by atoms with Gasteiger partial charge in [-0.2, -0.15) is 0 Å². The molecule has 3 aliphatic rings. The van der Waals surface area contributed by atoms with Gasteiger partial charge in [0.05, 0.1) is 48.4 Å². The van der Waals surface area contributed by atoms with Crippen LogP contribution in [0.2, 0.25) is 0 Å². The summed E-state index contributed by atoms with van der Waals surface area (Å²) in [5.41, 5.74) is 6.94. The van der Waals surface area contributed by atoms with Crippen molar-refractivity contribution in [3.05, 3.63) is 102 Å². The molecule has 10 nitrogen and oxygen atoms in total. The smallest absolute Gasteiger partial charge is 0.277 e. The fraction of sp³-hybridized carbons (Fsp3) is 0.300. The Bertz CT molecular complexity index is 1480. The molecule has 204 valence electrons. The molecule has 0 radical (unpaired) electrons. The topological polar surface area (TPSA) is 111 Å². The minimum atomic E-state index is -0.273. The van der Waals surface area contributed by atoms with Crippen molar-refractivity contribution in [1.29, 1.82) is 0 Å². The van der Waals surface area contributed by atoms with Crippen LogP contribution in [0.3, 0.4) is 0 Å². The highest BCUT2D eigenvalue weighted by molar-refractivity contribution is 5.99. The van der Waals surface area contributed by atoms with Gasteiger partial charge < -0.3 is 25.8 Å². The lowest BCUT2D eigenvalue weighted by molar-refractivity contribution is 0.0947. The normalized spacial score (nSPS) is 16.9. The van der Waals surface area contributed by atoms with Gasteiger partial charge in [0.15, 0.2) is 5.69 Å². The molecule has 0 spiro atoms. The minimum Gasteiger partial charge on any atom is -0.372 e. The summed E-state index contributed by atoms with van der Waals surface area (Å²) in [7, 11) is 2.06. The number of hydrogen-bond donors (Lipinski definition) is 3. The number of amides is 1. The molecular weight excluding hydrogens is 502 g/mol. The Labute approximate surface area is 234 Å². The van der Waals surface area contributed by atoms with E-state index in [1.54, 1.807) is 18.6 Å². The first-order valence-corrected chi connectivity index (χ1v) is 13.7. The molecular formula is C30H33N9O. The average molecular weight is 536 g/mol. The van der Waals surface area contributed by atoms with Crippen LogP contribution in [0, 0.1) is 0 Å². The predicted molar refractivity (Wildman–Crippen MR) is 154 cm³/mol. The Morgan fingerprint density at radius 1 is 1.15 bits per heavy atom. The van der Waals surface area contributed by atoms with E-state index in [0.717, 1.165) is 54.4 Å². The highest BCUT2D eigenvalue weighted by Gasteiger charge is 2.29. The molecule has 2 aliphatic heterocycles. The first kappa shape index (κ1) is 25.5. The van der Waals surface area contributed by atoms with Crippen LogP contribution in [-0.2, 0) is 0 Å². The maximum atomic E-state index is 14.0. The molecule has 6 rings (SSSR count). The van der Waals surface area contributed by atoms with Gasteiger partial charge in [0.1, 0.15) is 12.1 Å². The SMILES string of the molecule is CCC1=C(c2ccccn2)C=C(NC(=O)c2nc(C3CC3)ccc2Nc2cncnc2)N(CC2=CNCN2C)C1. The van der Waals surface area contributed by atoms with Gasteiger partial charge in [0.2, 0.25) is 0 Å². The summed E-state index contributed by atoms with van der Waals surface area (Å²) in [5.74, 6) is 0.858. The minimum absolute atomic E-state index is 0.273. The Morgan fingerprint density at radius 2 is 2.00 bits per heavy atom. The van der Waals surface area contributed by atoms with Crippen molar-refractivity contribution in [2.24, 2.45) is 0 Å². The Morgan fingerprint density at radius 3 is 2.70 bits per heavy atom. The van der Waals surface area contributed by atoms with E-state index in [1.165, 1.54) is 11.9 Å². The maximum Gasteiger partial charge on any atom is 0.277 e. The van der Waals surface area contributed by atoms with Crippen LogP contribution in [0.15, 0.2) is 84.6 Å². The van der Waals surface area contributed by atoms with E-state index in [0.29, 0.717) is 36.1 Å². The lowest BCUT2D eigenvalue weighted by Gasteiger charge is -2.34. The van der Waals surface area contributed by atoms with Crippen LogP contribution < -0.4 is 16.0 Å². The van der Waals surface area contributed by atoms with Crippen LogP contribution in [0.4, 0.5) is 11.4 Å². The van der Waals surface area contributed by atoms with Crippen LogP contribution >= 0.6 is 0 Å². The molecule has 1 aliphatic carbocycles. The maximum absolute atomic E-state index is 14.0. The molecule has 5 heterocycles. The molecule has 1 fully saturated rings. The number of rotatable bonds is 9. The molecule has 0 saturated heterocycles. The molecule has 0 unspecified atom stereocenters. The zero-order valence-corrected chi connectivity index (χ0v) is 22.8. The molecule has 0 atom stereocenters. The van der Waals surface area contributed by atoms with Crippen molar-refractivity contribution in [2.45, 2.75) is 32.1 Å². The molecule has 0 bridgehead atoms. The van der Waals surface area contributed by atoms with Crippen molar-refractivity contribution in [3.63, 3.8) is 0 Å². The van der Waals surface area contributed by atoms with Crippen LogP contribution in [0.5, 0.6) is 0 Å². The second-order valence-electron chi connectivity index (χ2n) is 10.3. The zero-order valence-electron chi connectivity index (χ0n) is 22.8. The summed E-state index contributed by atoms with van der Waals surface area (Å²) in [4.78, 5) is 36.0. The third-order valence-electron chi connectivity index (χ3n) is 7.40. The van der Waals surface area contributed by atoms with Gasteiger partial charge in [-0.15, -0.1) is 0 Å². The van der Waals surface area contributed by atoms with Crippen molar-refractivity contribution in [3.8, 4) is 0 Å². The van der Waals surface area contributed by atoms with Gasteiger partial charge in [0, 0.05) is 43.2 Å². The van der Waals surface area contributed by atoms with Gasteiger partial charge in [-0.05, 0) is 55.2 Å². The number of nitrogens with one attached hydrogen (secondary N) is 3. The van der Waals surface area contributed by atoms with E-state index in [1.807, 2.05) is 42.6 Å². The highest BCUT2D eigenvalue weighted by Crippen LogP contribution is 2.40. The second kappa shape index (κ2) is 11.2. The molecule has 10 heteroatoms. The largest absolute Gasteiger partial charge is 0.372 e. The summed E-state index contributed by atoms with van der Waals surface area (Å²) in [6.07, 6.45) is 13.8. The number of pyridine rings is 2. The Hall–Kier alpha value is -4.73. The summed E-state index contributed by atoms with van der Waals surface area (Å²) in [6, 6.07) is 9.84. The monoisotopic (exact) mass is 535 g/mol. The van der Waals surface area contributed by atoms with E-state index in [2.05, 4.69) is 54.7 Å². The van der Waals surface area contributed by atoms with E-state index < -0.39 is 0 Å². The van der Waals surface area contributed by atoms with Gasteiger partial charge in [-0.3, -0.25) is 9.78 Å². The van der Waals surface area contributed by atoms with E-state index in [4.69, 9.17) is 4.98 Å². The third kappa shape index (κ3) is 5.51. The second-order valence-corrected chi connectivity index (χ2v) is 10.3. The number of likely N-dealkylation sites (N-methyl/N-ethyl adjacent to an activating group) is 1. The van der Waals surface area contributed by atoms with Crippen molar-refractivity contribution in [1.82, 2.24) is 40.4 Å². The van der Waals surface area contributed by atoms with Crippen molar-refractivity contribution in [2.75, 3.05) is 32.1 Å². The molecule has 40 heavy (non-hydrogen) atoms. The van der Waals surface area contributed by atoms with E-state index >= 15 is 0 Å². The lowest BCUT2D eigenvalue weighted by atomic mass is 9.98. The molecule has 3 N–H and O–H groups in total. The van der Waals surface area contributed by atoms with Gasteiger partial charge in [0.25, 0.3) is 5.91 Å². The van der Waals surface area contributed by atoms with Crippen LogP contribution in [-0.4, -0.2) is 62.4 Å². The molecule has 1 saturated carbocycles. The van der Waals surface area contributed by atoms with Crippen LogP contribution in [0.25, 0.3) is 5.57 Å². The Kier molecular flexibility index (Phi) is 7.13. The van der Waals surface area contributed by atoms with Gasteiger partial charge in [-0.1, -0.05) is 13.0 Å². The van der Waals surface area contributed by atoms with E-state index in [-0.39, 0.29) is 5.91 Å². The number of carbonyl (C=O) groups is 1. The lowest BCUT2D eigenvalue weighted by Crippen LogP contribution is -2.41. The standard InChI is InChI=1S/C30H33N9O/c1-3-20-16-39(17-23-15-33-19-38(23)2)28(12-24(20)26-6-4-5-11-34-26)37-30(40)29-27(35-22-13-31-18-32-14-22)10-9-25(36-29)21-7-8-21/h4-6,9-15,18,21,33,35H,3,7-8,16-17,19H2,1-2H3,(H,37,40). The average Bonchev–Trinajstić information content (AvgIpc) is 3.76. The summed E-state index contributed by atoms with van der Waals surface area (Å²) in [6.45, 7) is 4.26. The molecule has 3 aromatic heterocycles. The quantitative estimate of drug-likeness (QED) is 0.375. The van der Waals surface area contributed by atoms with E-state index in [9.17, 15) is 4.79 Å². The van der Waals surface area contributed by atoms with Crippen LogP contribution in [0.1, 0.15) is 54.0 Å². The number of carbonyl (C=O) groups excluding carboxylic acids is 1. The highest BCUT2D eigenvalue weighted by atomic mass is 16.2. The first-order valence-electron chi connectivity index (χ1n) is 13.7. The first-order chi connectivity index (χ1) is 19.6. The van der Waals surface area contributed by atoms with Gasteiger partial charge in [-0.25, -0.2) is 15.0 Å². The number of nitrogens with zero attached hydrogens (tertiary/aromatic N) is 6. The number of hydrogen-bond acceptors (Lipinski definition) is 9. The fourth-order valence-corrected chi connectivity index (χ4v) is 4.99. The summed E-state index contributed by atoms with van der Waals surface area (Å²) in [5, 5.41) is 9.78. The van der Waals surface area contributed by atoms with Crippen molar-refractivity contribution < 1.29 is 4.79 Å².